The first-order valence-corrected chi connectivity index (χ1v) is 9.42. The van der Waals surface area contributed by atoms with E-state index in [-0.39, 0.29) is 24.9 Å². The lowest BCUT2D eigenvalue weighted by Crippen LogP contribution is -3.14. The molecule has 2 aromatic rings. The molecule has 0 aliphatic rings. The molecule has 2 amide bonds. The highest BCUT2D eigenvalue weighted by molar-refractivity contribution is 7.09. The van der Waals surface area contributed by atoms with Crippen molar-refractivity contribution in [1.29, 1.82) is 0 Å². The van der Waals surface area contributed by atoms with E-state index in [0.717, 1.165) is 21.0 Å². The normalized spacial score (nSPS) is 11.8. The highest BCUT2D eigenvalue weighted by Gasteiger charge is 2.17. The number of hydrogen-bond acceptors (Lipinski definition) is 3. The predicted molar refractivity (Wildman–Crippen MR) is 102 cm³/mol. The van der Waals surface area contributed by atoms with Gasteiger partial charge < -0.3 is 15.5 Å². The standard InChI is InChI=1S/C18H22ClN3O2S/c1-3-22(11-17(23)20-10-15-5-4-8-25-15)12-18(24)21-16-7-6-14(19)9-13(16)2/h4-9H,3,10-12H2,1-2H3,(H,20,23)(H,21,24)/p+1. The van der Waals surface area contributed by atoms with Gasteiger partial charge in [0, 0.05) is 15.6 Å². The predicted octanol–water partition coefficient (Wildman–Crippen LogP) is 1.87. The fraction of sp³-hybridized carbons (Fsp3) is 0.333. The summed E-state index contributed by atoms with van der Waals surface area (Å²) in [4.78, 5) is 26.3. The first kappa shape index (κ1) is 19.4. The molecular weight excluding hydrogens is 358 g/mol. The van der Waals surface area contributed by atoms with Crippen LogP contribution in [0.25, 0.3) is 0 Å². The van der Waals surface area contributed by atoms with Crippen LogP contribution in [0.2, 0.25) is 5.02 Å². The molecule has 0 bridgehead atoms. The summed E-state index contributed by atoms with van der Waals surface area (Å²) in [5.74, 6) is -0.172. The van der Waals surface area contributed by atoms with Gasteiger partial charge in [0.2, 0.25) is 0 Å². The van der Waals surface area contributed by atoms with Crippen molar-refractivity contribution in [2.45, 2.75) is 20.4 Å². The van der Waals surface area contributed by atoms with Gasteiger partial charge in [0.1, 0.15) is 0 Å². The van der Waals surface area contributed by atoms with E-state index in [2.05, 4.69) is 10.6 Å². The molecule has 0 radical (unpaired) electrons. The number of thiophene rings is 1. The molecule has 1 unspecified atom stereocenters. The Balaban J connectivity index is 1.81. The first-order chi connectivity index (χ1) is 12.0. The maximum atomic E-state index is 12.3. The summed E-state index contributed by atoms with van der Waals surface area (Å²) >= 11 is 7.53. The van der Waals surface area contributed by atoms with Crippen LogP contribution in [0.15, 0.2) is 35.7 Å². The van der Waals surface area contributed by atoms with Crippen molar-refractivity contribution in [3.05, 3.63) is 51.2 Å². The molecule has 1 heterocycles. The number of halogens is 1. The van der Waals surface area contributed by atoms with Crippen molar-refractivity contribution in [3.63, 3.8) is 0 Å². The number of likely N-dealkylation sites (N-methyl/N-ethyl adjacent to an activating group) is 1. The zero-order valence-corrected chi connectivity index (χ0v) is 16.0. The number of carbonyl (C=O) groups excluding carboxylic acids is 2. The molecule has 0 saturated carbocycles. The lowest BCUT2D eigenvalue weighted by atomic mass is 10.2. The Morgan fingerprint density at radius 2 is 1.96 bits per heavy atom. The Labute approximate surface area is 157 Å². The number of nitrogens with one attached hydrogen (secondary N) is 3. The van der Waals surface area contributed by atoms with E-state index in [0.29, 0.717) is 18.1 Å². The maximum absolute atomic E-state index is 12.3. The van der Waals surface area contributed by atoms with Gasteiger partial charge in [0.25, 0.3) is 11.8 Å². The van der Waals surface area contributed by atoms with E-state index in [1.54, 1.807) is 29.5 Å². The van der Waals surface area contributed by atoms with Gasteiger partial charge in [-0.15, -0.1) is 11.3 Å². The molecule has 1 atom stereocenters. The Morgan fingerprint density at radius 1 is 1.20 bits per heavy atom. The zero-order chi connectivity index (χ0) is 18.2. The molecule has 1 aromatic heterocycles. The maximum Gasteiger partial charge on any atom is 0.279 e. The summed E-state index contributed by atoms with van der Waals surface area (Å²) in [7, 11) is 0. The van der Waals surface area contributed by atoms with Gasteiger partial charge in [0.15, 0.2) is 13.1 Å². The second-order valence-electron chi connectivity index (χ2n) is 5.82. The third-order valence-corrected chi connectivity index (χ3v) is 4.94. The van der Waals surface area contributed by atoms with Crippen LogP contribution in [-0.2, 0) is 16.1 Å². The molecular formula is C18H23ClN3O2S+. The Kier molecular flexibility index (Phi) is 7.43. The van der Waals surface area contributed by atoms with E-state index in [9.17, 15) is 9.59 Å². The molecule has 0 aliphatic carbocycles. The quantitative estimate of drug-likeness (QED) is 0.654. The SMILES string of the molecule is CC[NH+](CC(=O)NCc1cccs1)CC(=O)Nc1ccc(Cl)cc1C. The number of carbonyl (C=O) groups is 2. The topological polar surface area (TPSA) is 62.6 Å². The second-order valence-corrected chi connectivity index (χ2v) is 7.29. The van der Waals surface area contributed by atoms with E-state index in [4.69, 9.17) is 11.6 Å². The van der Waals surface area contributed by atoms with Crippen molar-refractivity contribution < 1.29 is 14.5 Å². The zero-order valence-electron chi connectivity index (χ0n) is 14.4. The van der Waals surface area contributed by atoms with Gasteiger partial charge in [-0.25, -0.2) is 0 Å². The van der Waals surface area contributed by atoms with Gasteiger partial charge in [-0.2, -0.15) is 0 Å². The third-order valence-electron chi connectivity index (χ3n) is 3.82. The number of quaternary nitrogens is 1. The van der Waals surface area contributed by atoms with Gasteiger partial charge in [0.05, 0.1) is 13.1 Å². The van der Waals surface area contributed by atoms with Crippen molar-refractivity contribution in [3.8, 4) is 0 Å². The van der Waals surface area contributed by atoms with Crippen LogP contribution in [0.4, 0.5) is 5.69 Å². The van der Waals surface area contributed by atoms with Crippen LogP contribution >= 0.6 is 22.9 Å². The van der Waals surface area contributed by atoms with Crippen molar-refractivity contribution in [2.75, 3.05) is 25.0 Å². The summed E-state index contributed by atoms with van der Waals surface area (Å²) in [5, 5.41) is 8.39. The first-order valence-electron chi connectivity index (χ1n) is 8.16. The molecule has 3 N–H and O–H groups in total. The van der Waals surface area contributed by atoms with Crippen LogP contribution in [-0.4, -0.2) is 31.4 Å². The van der Waals surface area contributed by atoms with Gasteiger partial charge in [-0.05, 0) is 49.1 Å². The number of anilines is 1. The van der Waals surface area contributed by atoms with E-state index in [1.807, 2.05) is 31.4 Å². The van der Waals surface area contributed by atoms with Gasteiger partial charge >= 0.3 is 0 Å². The molecule has 0 aliphatic heterocycles. The highest BCUT2D eigenvalue weighted by atomic mass is 35.5. The summed E-state index contributed by atoms with van der Waals surface area (Å²) in [5.41, 5.74) is 1.65. The molecule has 7 heteroatoms. The minimum absolute atomic E-state index is 0.0549. The van der Waals surface area contributed by atoms with Crippen molar-refractivity contribution >= 4 is 40.4 Å². The molecule has 134 valence electrons. The lowest BCUT2D eigenvalue weighted by molar-refractivity contribution is -0.881. The van der Waals surface area contributed by atoms with Gasteiger partial charge in [-0.3, -0.25) is 9.59 Å². The summed E-state index contributed by atoms with van der Waals surface area (Å²) in [6.07, 6.45) is 0. The largest absolute Gasteiger partial charge is 0.346 e. The third kappa shape index (κ3) is 6.49. The Hall–Kier alpha value is -1.89. The molecule has 0 spiro atoms. The monoisotopic (exact) mass is 380 g/mol. The molecule has 2 rings (SSSR count). The molecule has 0 fully saturated rings. The van der Waals surface area contributed by atoms with Crippen LogP contribution < -0.4 is 15.5 Å². The summed E-state index contributed by atoms with van der Waals surface area (Å²) in [6, 6.07) is 9.28. The fourth-order valence-electron chi connectivity index (χ4n) is 2.39. The number of aryl methyl sites for hydroxylation is 1. The van der Waals surface area contributed by atoms with Crippen LogP contribution in [0, 0.1) is 6.92 Å². The van der Waals surface area contributed by atoms with E-state index >= 15 is 0 Å². The van der Waals surface area contributed by atoms with Crippen LogP contribution in [0.5, 0.6) is 0 Å². The highest BCUT2D eigenvalue weighted by Crippen LogP contribution is 2.19. The van der Waals surface area contributed by atoms with E-state index < -0.39 is 0 Å². The van der Waals surface area contributed by atoms with Crippen LogP contribution in [0.1, 0.15) is 17.4 Å². The molecule has 5 nitrogen and oxygen atoms in total. The van der Waals surface area contributed by atoms with Crippen molar-refractivity contribution in [1.82, 2.24) is 5.32 Å². The minimum atomic E-state index is -0.117. The number of amides is 2. The fourth-order valence-corrected chi connectivity index (χ4v) is 3.26. The Morgan fingerprint density at radius 3 is 2.60 bits per heavy atom. The van der Waals surface area contributed by atoms with E-state index in [1.165, 1.54) is 0 Å². The molecule has 0 saturated heterocycles. The second kappa shape index (κ2) is 9.56. The number of hydrogen-bond donors (Lipinski definition) is 3. The lowest BCUT2D eigenvalue weighted by Gasteiger charge is -2.17. The minimum Gasteiger partial charge on any atom is -0.346 e. The average molecular weight is 381 g/mol. The number of benzene rings is 1. The number of rotatable bonds is 8. The smallest absolute Gasteiger partial charge is 0.279 e. The molecule has 1 aromatic carbocycles. The van der Waals surface area contributed by atoms with Gasteiger partial charge in [-0.1, -0.05) is 17.7 Å². The van der Waals surface area contributed by atoms with Crippen LogP contribution in [0.3, 0.4) is 0 Å². The average Bonchev–Trinajstić information content (AvgIpc) is 3.08. The molecule has 25 heavy (non-hydrogen) atoms. The summed E-state index contributed by atoms with van der Waals surface area (Å²) in [6.45, 7) is 5.59. The Bertz CT molecular complexity index is 719. The van der Waals surface area contributed by atoms with Crippen molar-refractivity contribution in [2.24, 2.45) is 0 Å². The summed E-state index contributed by atoms with van der Waals surface area (Å²) < 4.78 is 0.